The zero-order chi connectivity index (χ0) is 12.4. The van der Waals surface area contributed by atoms with Gasteiger partial charge in [-0.25, -0.2) is 0 Å². The Morgan fingerprint density at radius 2 is 2.29 bits per heavy atom. The Hall–Kier alpha value is -0.810. The zero-order valence-corrected chi connectivity index (χ0v) is 11.3. The van der Waals surface area contributed by atoms with E-state index in [0.717, 1.165) is 21.2 Å². The number of hydrogen-bond acceptors (Lipinski definition) is 4. The summed E-state index contributed by atoms with van der Waals surface area (Å²) >= 11 is 7.74. The Morgan fingerprint density at radius 3 is 2.88 bits per heavy atom. The van der Waals surface area contributed by atoms with Crippen molar-refractivity contribution in [3.8, 4) is 0 Å². The van der Waals surface area contributed by atoms with Crippen molar-refractivity contribution in [1.29, 1.82) is 0 Å². The van der Waals surface area contributed by atoms with Crippen molar-refractivity contribution in [3.05, 3.63) is 44.5 Å². The van der Waals surface area contributed by atoms with Gasteiger partial charge in [0.15, 0.2) is 0 Å². The molecule has 0 fully saturated rings. The van der Waals surface area contributed by atoms with Crippen molar-refractivity contribution < 1.29 is 9.15 Å². The molecule has 5 heteroatoms. The number of rotatable bonds is 4. The van der Waals surface area contributed by atoms with Gasteiger partial charge in [-0.2, -0.15) is 0 Å². The summed E-state index contributed by atoms with van der Waals surface area (Å²) in [7, 11) is 1.63. The summed E-state index contributed by atoms with van der Waals surface area (Å²) in [6.45, 7) is 2.41. The van der Waals surface area contributed by atoms with E-state index in [1.54, 1.807) is 18.4 Å². The van der Waals surface area contributed by atoms with Crippen LogP contribution in [0.15, 0.2) is 21.9 Å². The first kappa shape index (κ1) is 12.6. The molecule has 2 aromatic heterocycles. The van der Waals surface area contributed by atoms with Crippen LogP contribution in [0.3, 0.4) is 0 Å². The van der Waals surface area contributed by atoms with Crippen molar-refractivity contribution in [2.45, 2.75) is 19.6 Å². The predicted molar refractivity (Wildman–Crippen MR) is 69.5 cm³/mol. The maximum atomic E-state index is 6.19. The van der Waals surface area contributed by atoms with E-state index in [1.807, 2.05) is 24.4 Å². The molecule has 2 N–H and O–H groups in total. The Balaban J connectivity index is 2.24. The number of methoxy groups -OCH3 is 1. The fourth-order valence-electron chi connectivity index (χ4n) is 1.57. The molecule has 0 aliphatic rings. The Morgan fingerprint density at radius 1 is 1.53 bits per heavy atom. The monoisotopic (exact) mass is 271 g/mol. The van der Waals surface area contributed by atoms with Crippen LogP contribution < -0.4 is 5.73 Å². The molecule has 0 aliphatic carbocycles. The van der Waals surface area contributed by atoms with E-state index < -0.39 is 0 Å². The van der Waals surface area contributed by atoms with Crippen molar-refractivity contribution in [1.82, 2.24) is 0 Å². The molecule has 0 aromatic carbocycles. The van der Waals surface area contributed by atoms with Gasteiger partial charge in [0.25, 0.3) is 0 Å². The molecule has 3 nitrogen and oxygen atoms in total. The maximum Gasteiger partial charge on any atom is 0.129 e. The van der Waals surface area contributed by atoms with Crippen LogP contribution >= 0.6 is 22.9 Å². The minimum Gasteiger partial charge on any atom is -0.462 e. The number of ether oxygens (including phenoxy) is 1. The second-order valence-corrected chi connectivity index (χ2v) is 5.10. The molecule has 0 aliphatic heterocycles. The summed E-state index contributed by atoms with van der Waals surface area (Å²) in [4.78, 5) is 0.933. The second kappa shape index (κ2) is 5.23. The van der Waals surface area contributed by atoms with Crippen molar-refractivity contribution in [2.75, 3.05) is 7.11 Å². The second-order valence-electron chi connectivity index (χ2n) is 3.81. The molecule has 0 bridgehead atoms. The van der Waals surface area contributed by atoms with Gasteiger partial charge >= 0.3 is 0 Å². The van der Waals surface area contributed by atoms with Gasteiger partial charge in [-0.1, -0.05) is 11.6 Å². The molecule has 1 unspecified atom stereocenters. The number of halogens is 1. The Labute approximate surface area is 109 Å². The number of hydrogen-bond donors (Lipinski definition) is 1. The molecule has 0 saturated carbocycles. The van der Waals surface area contributed by atoms with E-state index in [9.17, 15) is 0 Å². The van der Waals surface area contributed by atoms with E-state index in [0.29, 0.717) is 12.4 Å². The lowest BCUT2D eigenvalue weighted by Gasteiger charge is -2.07. The molecule has 0 amide bonds. The van der Waals surface area contributed by atoms with Gasteiger partial charge in [0.05, 0.1) is 11.1 Å². The molecule has 0 radical (unpaired) electrons. The van der Waals surface area contributed by atoms with Gasteiger partial charge in [0.2, 0.25) is 0 Å². The minimum absolute atomic E-state index is 0.313. The van der Waals surface area contributed by atoms with Gasteiger partial charge in [0.1, 0.15) is 18.1 Å². The first-order valence-corrected chi connectivity index (χ1v) is 6.46. The molecule has 2 aromatic rings. The highest BCUT2D eigenvalue weighted by Crippen LogP contribution is 2.34. The molecule has 0 spiro atoms. The smallest absolute Gasteiger partial charge is 0.129 e. The Kier molecular flexibility index (Phi) is 3.89. The molecular formula is C12H14ClNO2S. The van der Waals surface area contributed by atoms with E-state index in [2.05, 4.69) is 0 Å². The van der Waals surface area contributed by atoms with Crippen LogP contribution in [-0.2, 0) is 11.3 Å². The highest BCUT2D eigenvalue weighted by molar-refractivity contribution is 7.10. The molecule has 1 atom stereocenters. The molecule has 17 heavy (non-hydrogen) atoms. The molecule has 2 heterocycles. The summed E-state index contributed by atoms with van der Waals surface area (Å²) in [6, 6.07) is 3.42. The van der Waals surface area contributed by atoms with Crippen molar-refractivity contribution in [2.24, 2.45) is 5.73 Å². The van der Waals surface area contributed by atoms with Gasteiger partial charge < -0.3 is 14.9 Å². The average Bonchev–Trinajstić information content (AvgIpc) is 2.88. The largest absolute Gasteiger partial charge is 0.462 e. The van der Waals surface area contributed by atoms with Crippen LogP contribution in [0.2, 0.25) is 5.02 Å². The highest BCUT2D eigenvalue weighted by Gasteiger charge is 2.19. The third kappa shape index (κ3) is 2.55. The lowest BCUT2D eigenvalue weighted by Crippen LogP contribution is -2.09. The van der Waals surface area contributed by atoms with E-state index in [4.69, 9.17) is 26.5 Å². The standard InChI is InChI=1S/C12H14ClNO2S/c1-7-6-17-12(10(7)13)11(14)9-4-3-8(16-9)5-15-2/h3-4,6,11H,5,14H2,1-2H3. The topological polar surface area (TPSA) is 48.4 Å². The number of thiophene rings is 1. The van der Waals surface area contributed by atoms with Crippen LogP contribution in [0, 0.1) is 6.92 Å². The van der Waals surface area contributed by atoms with Gasteiger partial charge in [-0.05, 0) is 30.0 Å². The number of aryl methyl sites for hydroxylation is 1. The van der Waals surface area contributed by atoms with Crippen LogP contribution in [0.1, 0.15) is 28.0 Å². The SMILES string of the molecule is COCc1ccc(C(N)c2scc(C)c2Cl)o1. The Bertz CT molecular complexity index is 506. The highest BCUT2D eigenvalue weighted by atomic mass is 35.5. The molecule has 92 valence electrons. The van der Waals surface area contributed by atoms with E-state index in [1.165, 1.54) is 0 Å². The summed E-state index contributed by atoms with van der Waals surface area (Å²) < 4.78 is 10.6. The minimum atomic E-state index is -0.313. The molecule has 2 rings (SSSR count). The quantitative estimate of drug-likeness (QED) is 0.926. The lowest BCUT2D eigenvalue weighted by molar-refractivity contribution is 0.162. The predicted octanol–water partition coefficient (Wildman–Crippen LogP) is 3.50. The van der Waals surface area contributed by atoms with E-state index >= 15 is 0 Å². The van der Waals surface area contributed by atoms with Gasteiger partial charge in [-0.15, -0.1) is 11.3 Å². The third-order valence-corrected chi connectivity index (χ3v) is 4.28. The van der Waals surface area contributed by atoms with Gasteiger partial charge in [-0.3, -0.25) is 0 Å². The number of furan rings is 1. The molecular weight excluding hydrogens is 258 g/mol. The fraction of sp³-hybridized carbons (Fsp3) is 0.333. The lowest BCUT2D eigenvalue weighted by atomic mass is 10.2. The average molecular weight is 272 g/mol. The van der Waals surface area contributed by atoms with Crippen LogP contribution in [0.25, 0.3) is 0 Å². The fourth-order valence-corrected chi connectivity index (χ4v) is 2.89. The summed E-state index contributed by atoms with van der Waals surface area (Å²) in [5.74, 6) is 1.48. The van der Waals surface area contributed by atoms with Crippen LogP contribution in [-0.4, -0.2) is 7.11 Å². The first-order valence-electron chi connectivity index (χ1n) is 5.20. The third-order valence-electron chi connectivity index (χ3n) is 2.48. The zero-order valence-electron chi connectivity index (χ0n) is 9.70. The summed E-state index contributed by atoms with van der Waals surface area (Å²) in [5.41, 5.74) is 7.18. The van der Waals surface area contributed by atoms with Crippen LogP contribution in [0.4, 0.5) is 0 Å². The van der Waals surface area contributed by atoms with Crippen molar-refractivity contribution >= 4 is 22.9 Å². The first-order chi connectivity index (χ1) is 8.13. The molecule has 0 saturated heterocycles. The van der Waals surface area contributed by atoms with E-state index in [-0.39, 0.29) is 6.04 Å². The van der Waals surface area contributed by atoms with Crippen LogP contribution in [0.5, 0.6) is 0 Å². The van der Waals surface area contributed by atoms with Crippen molar-refractivity contribution in [3.63, 3.8) is 0 Å². The summed E-state index contributed by atoms with van der Waals surface area (Å²) in [6.07, 6.45) is 0. The summed E-state index contributed by atoms with van der Waals surface area (Å²) in [5, 5.41) is 2.73. The maximum absolute atomic E-state index is 6.19. The number of nitrogens with two attached hydrogens (primary N) is 1. The van der Waals surface area contributed by atoms with Gasteiger partial charge in [0, 0.05) is 12.0 Å². The normalized spacial score (nSPS) is 12.9.